The van der Waals surface area contributed by atoms with Gasteiger partial charge in [-0.25, -0.2) is 4.39 Å². The topological polar surface area (TPSA) is 3.24 Å². The Kier molecular flexibility index (Phi) is 8.75. The Labute approximate surface area is 77.1 Å². The molecule has 0 spiro atoms. The van der Waals surface area contributed by atoms with Crippen molar-refractivity contribution in [1.29, 1.82) is 0 Å². The highest BCUT2D eigenvalue weighted by Gasteiger charge is 2.01. The summed E-state index contributed by atoms with van der Waals surface area (Å²) in [4.78, 5) is 2.15. The minimum atomic E-state index is -0.225. The van der Waals surface area contributed by atoms with E-state index in [2.05, 4.69) is 27.8 Å². The van der Waals surface area contributed by atoms with Crippen molar-refractivity contribution in [2.45, 2.75) is 19.8 Å². The third-order valence-electron chi connectivity index (χ3n) is 1.63. The third-order valence-corrected chi connectivity index (χ3v) is 1.98. The molecule has 0 amide bonds. The molecule has 0 aromatic carbocycles. The fraction of sp³-hybridized carbons (Fsp3) is 1.00. The normalized spacial score (nSPS) is 10.9. The Bertz CT molecular complexity index is 74.5. The molecule has 0 atom stereocenters. The molecule has 0 aliphatic heterocycles. The summed E-state index contributed by atoms with van der Waals surface area (Å²) in [5, 5.41) is 0.941. The van der Waals surface area contributed by atoms with E-state index in [1.807, 2.05) is 0 Å². The van der Waals surface area contributed by atoms with Crippen LogP contribution in [0.3, 0.4) is 0 Å². The van der Waals surface area contributed by atoms with Crippen LogP contribution in [0.15, 0.2) is 0 Å². The molecule has 0 saturated heterocycles. The number of hydrogen-bond acceptors (Lipinski definition) is 1. The lowest BCUT2D eigenvalue weighted by molar-refractivity contribution is 0.258. The van der Waals surface area contributed by atoms with E-state index in [0.717, 1.165) is 18.4 Å². The van der Waals surface area contributed by atoms with E-state index in [0.29, 0.717) is 6.54 Å². The Morgan fingerprint density at radius 3 is 2.45 bits per heavy atom. The summed E-state index contributed by atoms with van der Waals surface area (Å²) < 4.78 is 11.9. The zero-order valence-electron chi connectivity index (χ0n) is 7.15. The SMILES string of the molecule is CCCCN(CCF)CCBr. The summed E-state index contributed by atoms with van der Waals surface area (Å²) in [6.45, 7) is 4.51. The van der Waals surface area contributed by atoms with Crippen LogP contribution < -0.4 is 0 Å². The van der Waals surface area contributed by atoms with Crippen LogP contribution in [0.2, 0.25) is 0 Å². The molecule has 68 valence electrons. The van der Waals surface area contributed by atoms with Gasteiger partial charge in [-0.3, -0.25) is 4.90 Å². The van der Waals surface area contributed by atoms with Gasteiger partial charge >= 0.3 is 0 Å². The summed E-state index contributed by atoms with van der Waals surface area (Å²) in [5.74, 6) is 0. The van der Waals surface area contributed by atoms with Crippen LogP contribution in [-0.4, -0.2) is 36.5 Å². The van der Waals surface area contributed by atoms with Gasteiger partial charge in [-0.2, -0.15) is 0 Å². The Morgan fingerprint density at radius 1 is 1.27 bits per heavy atom. The average Bonchev–Trinajstić information content (AvgIpc) is 2.01. The molecule has 0 radical (unpaired) electrons. The van der Waals surface area contributed by atoms with E-state index in [4.69, 9.17) is 0 Å². The molecule has 0 fully saturated rings. The molecular weight excluding hydrogens is 209 g/mol. The number of hydrogen-bond donors (Lipinski definition) is 0. The second-order valence-corrected chi connectivity index (χ2v) is 3.37. The van der Waals surface area contributed by atoms with Gasteiger partial charge in [0.25, 0.3) is 0 Å². The fourth-order valence-electron chi connectivity index (χ4n) is 0.956. The van der Waals surface area contributed by atoms with E-state index in [9.17, 15) is 4.39 Å². The van der Waals surface area contributed by atoms with E-state index in [1.165, 1.54) is 12.8 Å². The maximum atomic E-state index is 11.9. The quantitative estimate of drug-likeness (QED) is 0.602. The van der Waals surface area contributed by atoms with Crippen molar-refractivity contribution < 1.29 is 4.39 Å². The van der Waals surface area contributed by atoms with Crippen molar-refractivity contribution in [2.75, 3.05) is 31.6 Å². The Balaban J connectivity index is 3.34. The standard InChI is InChI=1S/C8H17BrFN/c1-2-3-6-11(7-4-9)8-5-10/h2-8H2,1H3. The minimum Gasteiger partial charge on any atom is -0.300 e. The van der Waals surface area contributed by atoms with Crippen molar-refractivity contribution in [2.24, 2.45) is 0 Å². The summed E-state index contributed by atoms with van der Waals surface area (Å²) in [6.07, 6.45) is 2.36. The predicted octanol–water partition coefficient (Wildman–Crippen LogP) is 2.45. The highest BCUT2D eigenvalue weighted by Crippen LogP contribution is 1.96. The lowest BCUT2D eigenvalue weighted by Gasteiger charge is -2.18. The van der Waals surface area contributed by atoms with E-state index >= 15 is 0 Å². The van der Waals surface area contributed by atoms with Crippen LogP contribution in [0, 0.1) is 0 Å². The lowest BCUT2D eigenvalue weighted by Crippen LogP contribution is -2.28. The average molecular weight is 226 g/mol. The molecular formula is C8H17BrFN. The van der Waals surface area contributed by atoms with Gasteiger partial charge in [0.15, 0.2) is 0 Å². The predicted molar refractivity (Wildman–Crippen MR) is 51.1 cm³/mol. The van der Waals surface area contributed by atoms with E-state index < -0.39 is 0 Å². The molecule has 0 aromatic heterocycles. The molecule has 0 rings (SSSR count). The van der Waals surface area contributed by atoms with E-state index in [1.54, 1.807) is 0 Å². The smallest absolute Gasteiger partial charge is 0.102 e. The van der Waals surface area contributed by atoms with Gasteiger partial charge < -0.3 is 0 Å². The molecule has 0 bridgehead atoms. The number of nitrogens with zero attached hydrogens (tertiary/aromatic N) is 1. The van der Waals surface area contributed by atoms with Gasteiger partial charge in [0.1, 0.15) is 6.67 Å². The molecule has 0 unspecified atom stereocenters. The van der Waals surface area contributed by atoms with Crippen LogP contribution in [0.25, 0.3) is 0 Å². The van der Waals surface area contributed by atoms with Gasteiger partial charge in [-0.1, -0.05) is 29.3 Å². The highest BCUT2D eigenvalue weighted by molar-refractivity contribution is 9.09. The molecule has 11 heavy (non-hydrogen) atoms. The minimum absolute atomic E-state index is 0.225. The van der Waals surface area contributed by atoms with Crippen LogP contribution >= 0.6 is 15.9 Å². The second-order valence-electron chi connectivity index (χ2n) is 2.57. The fourth-order valence-corrected chi connectivity index (χ4v) is 1.46. The van der Waals surface area contributed by atoms with Gasteiger partial charge in [0, 0.05) is 18.4 Å². The van der Waals surface area contributed by atoms with Crippen LogP contribution in [0.4, 0.5) is 4.39 Å². The monoisotopic (exact) mass is 225 g/mol. The van der Waals surface area contributed by atoms with Gasteiger partial charge in [0.05, 0.1) is 0 Å². The Hall–Kier alpha value is 0.370. The van der Waals surface area contributed by atoms with Crippen molar-refractivity contribution in [3.63, 3.8) is 0 Å². The van der Waals surface area contributed by atoms with Crippen molar-refractivity contribution in [3.05, 3.63) is 0 Å². The first-order valence-electron chi connectivity index (χ1n) is 4.19. The lowest BCUT2D eigenvalue weighted by atomic mass is 10.3. The second kappa shape index (κ2) is 8.47. The van der Waals surface area contributed by atoms with Crippen molar-refractivity contribution in [3.8, 4) is 0 Å². The molecule has 0 aliphatic carbocycles. The van der Waals surface area contributed by atoms with E-state index in [-0.39, 0.29) is 6.67 Å². The van der Waals surface area contributed by atoms with Crippen LogP contribution in [0.1, 0.15) is 19.8 Å². The first kappa shape index (κ1) is 11.4. The number of alkyl halides is 2. The zero-order chi connectivity index (χ0) is 8.53. The Morgan fingerprint density at radius 2 is 2.00 bits per heavy atom. The van der Waals surface area contributed by atoms with Crippen molar-refractivity contribution in [1.82, 2.24) is 4.90 Å². The van der Waals surface area contributed by atoms with Crippen molar-refractivity contribution >= 4 is 15.9 Å². The zero-order valence-corrected chi connectivity index (χ0v) is 8.74. The summed E-state index contributed by atoms with van der Waals surface area (Å²) >= 11 is 3.35. The van der Waals surface area contributed by atoms with Crippen LogP contribution in [-0.2, 0) is 0 Å². The first-order valence-corrected chi connectivity index (χ1v) is 5.31. The largest absolute Gasteiger partial charge is 0.300 e. The van der Waals surface area contributed by atoms with Gasteiger partial charge in [-0.05, 0) is 13.0 Å². The number of rotatable bonds is 7. The molecule has 0 aromatic rings. The summed E-state index contributed by atoms with van der Waals surface area (Å²) in [6, 6.07) is 0. The maximum Gasteiger partial charge on any atom is 0.102 e. The molecule has 0 heterocycles. The van der Waals surface area contributed by atoms with Gasteiger partial charge in [-0.15, -0.1) is 0 Å². The van der Waals surface area contributed by atoms with Gasteiger partial charge in [0.2, 0.25) is 0 Å². The number of halogens is 2. The molecule has 0 saturated carbocycles. The summed E-state index contributed by atoms with van der Waals surface area (Å²) in [5.41, 5.74) is 0. The molecule has 3 heteroatoms. The third kappa shape index (κ3) is 6.76. The van der Waals surface area contributed by atoms with Crippen LogP contribution in [0.5, 0.6) is 0 Å². The number of unbranched alkanes of at least 4 members (excludes halogenated alkanes) is 1. The summed E-state index contributed by atoms with van der Waals surface area (Å²) in [7, 11) is 0. The molecule has 1 nitrogen and oxygen atoms in total. The molecule has 0 N–H and O–H groups in total. The molecule has 0 aliphatic rings. The first-order chi connectivity index (χ1) is 5.35. The maximum absolute atomic E-state index is 11.9. The highest BCUT2D eigenvalue weighted by atomic mass is 79.9.